The first-order valence-corrected chi connectivity index (χ1v) is 14.6. The average Bonchev–Trinajstić information content (AvgIpc) is 3.09. The minimum Gasteiger partial charge on any atom is -0.459 e. The quantitative estimate of drug-likeness (QED) is 0.0752. The van der Waals surface area contributed by atoms with E-state index < -0.39 is 61.4 Å². The maximum atomic E-state index is 12.9. The molecule has 14 heteroatoms. The molecule has 5 amide bonds. The van der Waals surface area contributed by atoms with Crippen molar-refractivity contribution >= 4 is 35.7 Å². The van der Waals surface area contributed by atoms with Gasteiger partial charge in [-0.15, -0.1) is 0 Å². The number of rotatable bonds is 18. The van der Waals surface area contributed by atoms with Crippen molar-refractivity contribution in [3.8, 4) is 0 Å². The van der Waals surface area contributed by atoms with Gasteiger partial charge in [0.15, 0.2) is 0 Å². The molecule has 47 heavy (non-hydrogen) atoms. The fourth-order valence-electron chi connectivity index (χ4n) is 3.87. The molecule has 248 valence electrons. The van der Waals surface area contributed by atoms with Crippen LogP contribution in [0.3, 0.4) is 0 Å². The van der Waals surface area contributed by atoms with Crippen LogP contribution in [0.25, 0.3) is 0 Å². The van der Waals surface area contributed by atoms with Crippen molar-refractivity contribution in [3.63, 3.8) is 0 Å². The molecule has 1 atom stereocenters. The summed E-state index contributed by atoms with van der Waals surface area (Å²) < 4.78 is 15.2. The molecule has 14 nitrogen and oxygen atoms in total. The van der Waals surface area contributed by atoms with Gasteiger partial charge in [-0.05, 0) is 16.7 Å². The molecule has 3 aromatic rings. The molecular formula is C33H37N5O9. The van der Waals surface area contributed by atoms with E-state index in [2.05, 4.69) is 26.6 Å². The van der Waals surface area contributed by atoms with Crippen LogP contribution in [-0.2, 0) is 57.8 Å². The fourth-order valence-corrected chi connectivity index (χ4v) is 3.87. The minimum atomic E-state index is -1.07. The summed E-state index contributed by atoms with van der Waals surface area (Å²) in [6.07, 6.45) is -0.693. The van der Waals surface area contributed by atoms with Crippen molar-refractivity contribution in [2.24, 2.45) is 0 Å². The molecule has 0 aliphatic rings. The van der Waals surface area contributed by atoms with E-state index in [1.165, 1.54) is 0 Å². The lowest BCUT2D eigenvalue weighted by atomic mass is 10.1. The Morgan fingerprint density at radius 1 is 0.553 bits per heavy atom. The van der Waals surface area contributed by atoms with Crippen molar-refractivity contribution in [2.45, 2.75) is 25.7 Å². The summed E-state index contributed by atoms with van der Waals surface area (Å²) in [5.74, 6) is -3.16. The molecule has 1 unspecified atom stereocenters. The van der Waals surface area contributed by atoms with Gasteiger partial charge in [-0.1, -0.05) is 91.0 Å². The molecule has 0 aromatic heterocycles. The molecule has 3 rings (SSSR count). The third-order valence-electron chi connectivity index (χ3n) is 6.24. The summed E-state index contributed by atoms with van der Waals surface area (Å²) in [6.45, 7) is -1.87. The van der Waals surface area contributed by atoms with Gasteiger partial charge in [-0.2, -0.15) is 0 Å². The van der Waals surface area contributed by atoms with Crippen LogP contribution < -0.4 is 26.6 Å². The van der Waals surface area contributed by atoms with E-state index in [1.807, 2.05) is 36.4 Å². The van der Waals surface area contributed by atoms with Gasteiger partial charge in [0, 0.05) is 6.42 Å². The van der Waals surface area contributed by atoms with E-state index in [-0.39, 0.29) is 33.0 Å². The van der Waals surface area contributed by atoms with Crippen LogP contribution in [0.15, 0.2) is 91.0 Å². The van der Waals surface area contributed by atoms with Crippen molar-refractivity contribution < 1.29 is 43.0 Å². The number of hydrogen-bond donors (Lipinski definition) is 5. The molecule has 0 aliphatic carbocycles. The first-order valence-electron chi connectivity index (χ1n) is 14.6. The molecule has 0 bridgehead atoms. The van der Waals surface area contributed by atoms with Crippen LogP contribution >= 0.6 is 0 Å². The zero-order valence-corrected chi connectivity index (χ0v) is 25.6. The second-order valence-electron chi connectivity index (χ2n) is 9.96. The van der Waals surface area contributed by atoms with Gasteiger partial charge in [0.2, 0.25) is 23.6 Å². The highest BCUT2D eigenvalue weighted by Crippen LogP contribution is 2.04. The van der Waals surface area contributed by atoms with Gasteiger partial charge in [0.05, 0.1) is 13.1 Å². The zero-order valence-electron chi connectivity index (χ0n) is 25.6. The Hall–Kier alpha value is -5.76. The Morgan fingerprint density at radius 2 is 1.06 bits per heavy atom. The molecule has 0 fully saturated rings. The van der Waals surface area contributed by atoms with Crippen LogP contribution in [0.4, 0.5) is 4.79 Å². The van der Waals surface area contributed by atoms with Gasteiger partial charge < -0.3 is 40.8 Å². The summed E-state index contributed by atoms with van der Waals surface area (Å²) in [7, 11) is 0. The van der Waals surface area contributed by atoms with E-state index >= 15 is 0 Å². The first-order chi connectivity index (χ1) is 22.8. The second kappa shape index (κ2) is 20.3. The molecule has 0 saturated carbocycles. The Balaban J connectivity index is 1.35. The Morgan fingerprint density at radius 3 is 1.68 bits per heavy atom. The number of carbonyl (C=O) groups excluding carboxylic acids is 6. The molecule has 0 radical (unpaired) electrons. The van der Waals surface area contributed by atoms with Gasteiger partial charge in [-0.25, -0.2) is 9.59 Å². The molecule has 0 spiro atoms. The number of esters is 1. The summed E-state index contributed by atoms with van der Waals surface area (Å²) in [5.41, 5.74) is 2.34. The molecule has 5 N–H and O–H groups in total. The SMILES string of the molecule is O=C(CNC(=O)OCc1ccccc1)NCC(=O)NC(Cc1ccccc1)C(=O)NCC(=O)NCOCC(=O)OCc1ccccc1. The number of hydrogen-bond acceptors (Lipinski definition) is 9. The lowest BCUT2D eigenvalue weighted by Crippen LogP contribution is -2.52. The highest BCUT2D eigenvalue weighted by molar-refractivity contribution is 5.92. The monoisotopic (exact) mass is 647 g/mol. The van der Waals surface area contributed by atoms with Gasteiger partial charge in [-0.3, -0.25) is 19.2 Å². The van der Waals surface area contributed by atoms with Crippen molar-refractivity contribution in [1.29, 1.82) is 0 Å². The van der Waals surface area contributed by atoms with E-state index in [9.17, 15) is 28.8 Å². The third-order valence-corrected chi connectivity index (χ3v) is 6.24. The van der Waals surface area contributed by atoms with Crippen molar-refractivity contribution in [3.05, 3.63) is 108 Å². The summed E-state index contributed by atoms with van der Waals surface area (Å²) in [5, 5.41) is 12.1. The van der Waals surface area contributed by atoms with E-state index in [4.69, 9.17) is 14.2 Å². The minimum absolute atomic E-state index is 0.0308. The predicted molar refractivity (Wildman–Crippen MR) is 168 cm³/mol. The number of carbonyl (C=O) groups is 6. The molecular weight excluding hydrogens is 610 g/mol. The molecule has 3 aromatic carbocycles. The van der Waals surface area contributed by atoms with Crippen LogP contribution in [0.2, 0.25) is 0 Å². The van der Waals surface area contributed by atoms with Gasteiger partial charge >= 0.3 is 12.1 Å². The Kier molecular flexibility index (Phi) is 15.4. The highest BCUT2D eigenvalue weighted by atomic mass is 16.6. The first kappa shape index (κ1) is 35.7. The van der Waals surface area contributed by atoms with Crippen LogP contribution in [0.1, 0.15) is 16.7 Å². The molecule has 0 heterocycles. The maximum Gasteiger partial charge on any atom is 0.407 e. The van der Waals surface area contributed by atoms with Crippen molar-refractivity contribution in [2.75, 3.05) is 33.0 Å². The van der Waals surface area contributed by atoms with Crippen LogP contribution in [-0.4, -0.2) is 74.7 Å². The third kappa shape index (κ3) is 15.2. The number of benzene rings is 3. The summed E-state index contributed by atoms with van der Waals surface area (Å²) >= 11 is 0. The number of nitrogens with one attached hydrogen (secondary N) is 5. The zero-order chi connectivity index (χ0) is 33.7. The lowest BCUT2D eigenvalue weighted by molar-refractivity contribution is -0.151. The Bertz CT molecular complexity index is 1460. The predicted octanol–water partition coefficient (Wildman–Crippen LogP) is 0.706. The second-order valence-corrected chi connectivity index (χ2v) is 9.96. The van der Waals surface area contributed by atoms with Crippen LogP contribution in [0, 0.1) is 0 Å². The molecule has 0 aliphatic heterocycles. The number of amides is 5. The normalized spacial score (nSPS) is 10.9. The highest BCUT2D eigenvalue weighted by Gasteiger charge is 2.22. The van der Waals surface area contributed by atoms with Crippen LogP contribution in [0.5, 0.6) is 0 Å². The van der Waals surface area contributed by atoms with E-state index in [0.717, 1.165) is 16.7 Å². The topological polar surface area (TPSA) is 190 Å². The van der Waals surface area contributed by atoms with Gasteiger partial charge in [0.1, 0.15) is 39.1 Å². The largest absolute Gasteiger partial charge is 0.459 e. The smallest absolute Gasteiger partial charge is 0.407 e. The van der Waals surface area contributed by atoms with Gasteiger partial charge in [0.25, 0.3) is 0 Å². The van der Waals surface area contributed by atoms with E-state index in [1.54, 1.807) is 54.6 Å². The summed E-state index contributed by atoms with van der Waals surface area (Å²) in [6, 6.07) is 25.9. The molecule has 0 saturated heterocycles. The fraction of sp³-hybridized carbons (Fsp3) is 0.273. The van der Waals surface area contributed by atoms with Crippen molar-refractivity contribution in [1.82, 2.24) is 26.6 Å². The Labute approximate surface area is 271 Å². The summed E-state index contributed by atoms with van der Waals surface area (Å²) in [4.78, 5) is 73.5. The number of alkyl carbamates (subject to hydrolysis) is 1. The lowest BCUT2D eigenvalue weighted by Gasteiger charge is -2.19. The standard InChI is InChI=1S/C33H37N5O9/c39-28(18-36-33(44)47-21-26-14-8-3-9-15-26)34-19-30(41)38-27(16-24-10-4-1-5-11-24)32(43)35-17-29(40)37-23-45-22-31(42)46-20-25-12-6-2-7-13-25/h1-15,27H,16-23H2,(H,34,39)(H,35,43)(H,36,44)(H,37,40)(H,38,41). The number of ether oxygens (including phenoxy) is 3. The maximum absolute atomic E-state index is 12.9. The van der Waals surface area contributed by atoms with E-state index in [0.29, 0.717) is 0 Å². The average molecular weight is 648 g/mol.